The van der Waals surface area contributed by atoms with Crippen LogP contribution in [0.1, 0.15) is 24.2 Å². The zero-order chi connectivity index (χ0) is 12.1. The maximum Gasteiger partial charge on any atom is 0.164 e. The van der Waals surface area contributed by atoms with Crippen molar-refractivity contribution in [2.75, 3.05) is 19.0 Å². The first-order chi connectivity index (χ1) is 7.56. The topological polar surface area (TPSA) is 38.3 Å². The molecule has 0 saturated carbocycles. The van der Waals surface area contributed by atoms with Gasteiger partial charge in [0.1, 0.15) is 5.82 Å². The zero-order valence-electron chi connectivity index (χ0n) is 9.71. The van der Waals surface area contributed by atoms with Gasteiger partial charge in [-0.25, -0.2) is 4.39 Å². The molecule has 1 N–H and O–H groups in total. The van der Waals surface area contributed by atoms with E-state index in [1.165, 1.54) is 13.0 Å². The second-order valence-electron chi connectivity index (χ2n) is 3.65. The third-order valence-electron chi connectivity index (χ3n) is 2.35. The SMILES string of the molecule is COC(C)CNc1cccc(F)c1C(C)=O. The van der Waals surface area contributed by atoms with E-state index in [1.54, 1.807) is 19.2 Å². The van der Waals surface area contributed by atoms with Gasteiger partial charge in [0, 0.05) is 19.3 Å². The van der Waals surface area contributed by atoms with Crippen molar-refractivity contribution in [2.24, 2.45) is 0 Å². The number of hydrogen-bond acceptors (Lipinski definition) is 3. The maximum atomic E-state index is 13.4. The predicted molar refractivity (Wildman–Crippen MR) is 61.4 cm³/mol. The molecule has 1 rings (SSSR count). The van der Waals surface area contributed by atoms with Gasteiger partial charge in [-0.15, -0.1) is 0 Å². The standard InChI is InChI=1S/C12H16FNO2/c1-8(16-3)7-14-11-6-4-5-10(13)12(11)9(2)15/h4-6,8,14H,7H2,1-3H3. The van der Waals surface area contributed by atoms with E-state index in [9.17, 15) is 9.18 Å². The molecule has 1 aromatic rings. The first-order valence-corrected chi connectivity index (χ1v) is 5.12. The fraction of sp³-hybridized carbons (Fsp3) is 0.417. The van der Waals surface area contributed by atoms with Gasteiger partial charge >= 0.3 is 0 Å². The fourth-order valence-electron chi connectivity index (χ4n) is 1.37. The van der Waals surface area contributed by atoms with Gasteiger partial charge in [-0.2, -0.15) is 0 Å². The van der Waals surface area contributed by atoms with Crippen LogP contribution in [0.5, 0.6) is 0 Å². The second-order valence-corrected chi connectivity index (χ2v) is 3.65. The number of anilines is 1. The molecule has 0 spiro atoms. The Balaban J connectivity index is 2.87. The number of nitrogens with one attached hydrogen (secondary N) is 1. The molecule has 1 atom stereocenters. The number of Topliss-reactive ketones (excluding diaryl/α,β-unsaturated/α-hetero) is 1. The Hall–Kier alpha value is -1.42. The molecule has 4 heteroatoms. The fourth-order valence-corrected chi connectivity index (χ4v) is 1.37. The van der Waals surface area contributed by atoms with Crippen molar-refractivity contribution in [3.05, 3.63) is 29.6 Å². The van der Waals surface area contributed by atoms with Crippen molar-refractivity contribution in [1.82, 2.24) is 0 Å². The molecule has 1 aromatic carbocycles. The summed E-state index contributed by atoms with van der Waals surface area (Å²) in [6, 6.07) is 4.53. The summed E-state index contributed by atoms with van der Waals surface area (Å²) < 4.78 is 18.5. The number of carbonyl (C=O) groups is 1. The lowest BCUT2D eigenvalue weighted by molar-refractivity contribution is 0.101. The third kappa shape index (κ3) is 3.03. The van der Waals surface area contributed by atoms with E-state index in [0.29, 0.717) is 12.2 Å². The van der Waals surface area contributed by atoms with Crippen molar-refractivity contribution in [1.29, 1.82) is 0 Å². The minimum absolute atomic E-state index is 0.00285. The number of halogens is 1. The Morgan fingerprint density at radius 3 is 2.81 bits per heavy atom. The minimum atomic E-state index is -0.498. The third-order valence-corrected chi connectivity index (χ3v) is 2.35. The van der Waals surface area contributed by atoms with E-state index >= 15 is 0 Å². The number of rotatable bonds is 5. The number of methoxy groups -OCH3 is 1. The first-order valence-electron chi connectivity index (χ1n) is 5.12. The minimum Gasteiger partial charge on any atom is -0.382 e. The molecule has 0 bridgehead atoms. The lowest BCUT2D eigenvalue weighted by Gasteiger charge is -2.14. The molecule has 0 aliphatic carbocycles. The molecule has 0 radical (unpaired) electrons. The summed E-state index contributed by atoms with van der Waals surface area (Å²) in [5.74, 6) is -0.784. The normalized spacial score (nSPS) is 12.2. The molecule has 1 unspecified atom stereocenters. The predicted octanol–water partition coefficient (Wildman–Crippen LogP) is 2.48. The summed E-state index contributed by atoms with van der Waals surface area (Å²) in [7, 11) is 1.60. The number of benzene rings is 1. The largest absolute Gasteiger partial charge is 0.382 e. The van der Waals surface area contributed by atoms with Crippen molar-refractivity contribution in [3.8, 4) is 0 Å². The molecule has 0 aliphatic heterocycles. The summed E-state index contributed by atoms with van der Waals surface area (Å²) in [5.41, 5.74) is 0.613. The molecule has 0 amide bonds. The quantitative estimate of drug-likeness (QED) is 0.782. The molecule has 88 valence electrons. The molecule has 0 aliphatic rings. The van der Waals surface area contributed by atoms with Gasteiger partial charge in [-0.05, 0) is 26.0 Å². The van der Waals surface area contributed by atoms with Crippen LogP contribution in [0, 0.1) is 5.82 Å². The van der Waals surface area contributed by atoms with Gasteiger partial charge in [0.25, 0.3) is 0 Å². The Bertz CT molecular complexity index is 379. The first kappa shape index (κ1) is 12.6. The van der Waals surface area contributed by atoms with Crippen LogP contribution in [0.2, 0.25) is 0 Å². The zero-order valence-corrected chi connectivity index (χ0v) is 9.71. The monoisotopic (exact) mass is 225 g/mol. The average Bonchev–Trinajstić information content (AvgIpc) is 2.25. The Morgan fingerprint density at radius 1 is 1.56 bits per heavy atom. The highest BCUT2D eigenvalue weighted by atomic mass is 19.1. The summed E-state index contributed by atoms with van der Waals surface area (Å²) in [4.78, 5) is 11.3. The summed E-state index contributed by atoms with van der Waals surface area (Å²) in [6.45, 7) is 3.77. The van der Waals surface area contributed by atoms with E-state index in [2.05, 4.69) is 5.32 Å². The molecule has 0 fully saturated rings. The Morgan fingerprint density at radius 2 is 2.25 bits per heavy atom. The van der Waals surface area contributed by atoms with Crippen molar-refractivity contribution < 1.29 is 13.9 Å². The summed E-state index contributed by atoms with van der Waals surface area (Å²) >= 11 is 0. The van der Waals surface area contributed by atoms with Gasteiger partial charge in [0.2, 0.25) is 0 Å². The smallest absolute Gasteiger partial charge is 0.164 e. The van der Waals surface area contributed by atoms with E-state index in [0.717, 1.165) is 0 Å². The highest BCUT2D eigenvalue weighted by Gasteiger charge is 2.12. The lowest BCUT2D eigenvalue weighted by atomic mass is 10.1. The van der Waals surface area contributed by atoms with Crippen molar-refractivity contribution in [2.45, 2.75) is 20.0 Å². The van der Waals surface area contributed by atoms with Gasteiger partial charge in [-0.1, -0.05) is 6.07 Å². The average molecular weight is 225 g/mol. The number of ketones is 1. The Kier molecular flexibility index (Phi) is 4.43. The van der Waals surface area contributed by atoms with Crippen LogP contribution in [0.15, 0.2) is 18.2 Å². The maximum absolute atomic E-state index is 13.4. The van der Waals surface area contributed by atoms with E-state index in [1.807, 2.05) is 6.92 Å². The van der Waals surface area contributed by atoms with Gasteiger partial charge in [0.15, 0.2) is 5.78 Å². The van der Waals surface area contributed by atoms with Crippen LogP contribution < -0.4 is 5.32 Å². The van der Waals surface area contributed by atoms with Crippen molar-refractivity contribution in [3.63, 3.8) is 0 Å². The molecule has 0 aromatic heterocycles. The highest BCUT2D eigenvalue weighted by Crippen LogP contribution is 2.19. The van der Waals surface area contributed by atoms with Crippen LogP contribution in [0.25, 0.3) is 0 Å². The van der Waals surface area contributed by atoms with E-state index < -0.39 is 5.82 Å². The highest BCUT2D eigenvalue weighted by molar-refractivity contribution is 5.99. The van der Waals surface area contributed by atoms with Gasteiger partial charge < -0.3 is 10.1 Å². The van der Waals surface area contributed by atoms with E-state index in [-0.39, 0.29) is 17.5 Å². The van der Waals surface area contributed by atoms with E-state index in [4.69, 9.17) is 4.74 Å². The molecular formula is C12H16FNO2. The molecule has 0 heterocycles. The number of ether oxygens (including phenoxy) is 1. The van der Waals surface area contributed by atoms with Crippen LogP contribution in [0.4, 0.5) is 10.1 Å². The van der Waals surface area contributed by atoms with Gasteiger partial charge in [0.05, 0.1) is 11.7 Å². The molecular weight excluding hydrogens is 209 g/mol. The van der Waals surface area contributed by atoms with Gasteiger partial charge in [-0.3, -0.25) is 4.79 Å². The van der Waals surface area contributed by atoms with Crippen LogP contribution >= 0.6 is 0 Å². The van der Waals surface area contributed by atoms with Crippen molar-refractivity contribution >= 4 is 11.5 Å². The summed E-state index contributed by atoms with van der Waals surface area (Å²) in [6.07, 6.45) is 0.00285. The number of carbonyl (C=O) groups excluding carboxylic acids is 1. The molecule has 3 nitrogen and oxygen atoms in total. The molecule has 16 heavy (non-hydrogen) atoms. The van der Waals surface area contributed by atoms with Crippen LogP contribution in [0.3, 0.4) is 0 Å². The van der Waals surface area contributed by atoms with Crippen LogP contribution in [-0.4, -0.2) is 25.5 Å². The second kappa shape index (κ2) is 5.61. The Labute approximate surface area is 94.6 Å². The number of hydrogen-bond donors (Lipinski definition) is 1. The van der Waals surface area contributed by atoms with Crippen LogP contribution in [-0.2, 0) is 4.74 Å². The summed E-state index contributed by atoms with van der Waals surface area (Å²) in [5, 5.41) is 3.00. The lowest BCUT2D eigenvalue weighted by Crippen LogP contribution is -2.19. The molecule has 0 saturated heterocycles.